The quantitative estimate of drug-likeness (QED) is 0.906. The highest BCUT2D eigenvalue weighted by atomic mass is 32.2. The molecule has 0 saturated heterocycles. The minimum Gasteiger partial charge on any atom is -0.448 e. The van der Waals surface area contributed by atoms with Crippen LogP contribution in [0.2, 0.25) is 0 Å². The molecule has 0 radical (unpaired) electrons. The SMILES string of the molecule is CC(C)(C)SCC(=O)Nc1ccc2c(c1)OC1(CCCC1)O2. The van der Waals surface area contributed by atoms with Gasteiger partial charge in [0.05, 0.1) is 5.75 Å². The molecule has 1 spiro atoms. The zero-order valence-corrected chi connectivity index (χ0v) is 14.2. The van der Waals surface area contributed by atoms with E-state index in [1.54, 1.807) is 11.8 Å². The minimum atomic E-state index is -0.451. The van der Waals surface area contributed by atoms with Gasteiger partial charge in [-0.25, -0.2) is 0 Å². The first-order valence-electron chi connectivity index (χ1n) is 7.81. The summed E-state index contributed by atoms with van der Waals surface area (Å²) in [5, 5.41) is 2.93. The smallest absolute Gasteiger partial charge is 0.251 e. The van der Waals surface area contributed by atoms with Crippen molar-refractivity contribution in [3.63, 3.8) is 0 Å². The van der Waals surface area contributed by atoms with E-state index in [1.807, 2.05) is 18.2 Å². The monoisotopic (exact) mass is 321 g/mol. The molecule has 0 atom stereocenters. The van der Waals surface area contributed by atoms with Gasteiger partial charge < -0.3 is 14.8 Å². The fourth-order valence-electron chi connectivity index (χ4n) is 2.77. The second-order valence-electron chi connectivity index (χ2n) is 6.93. The fourth-order valence-corrected chi connectivity index (χ4v) is 3.40. The molecule has 0 aromatic heterocycles. The van der Waals surface area contributed by atoms with Crippen LogP contribution in [0.25, 0.3) is 0 Å². The molecule has 1 aromatic rings. The molecule has 0 bridgehead atoms. The number of carbonyl (C=O) groups excluding carboxylic acids is 1. The number of hydrogen-bond acceptors (Lipinski definition) is 4. The number of rotatable bonds is 3. The summed E-state index contributed by atoms with van der Waals surface area (Å²) >= 11 is 1.63. The zero-order valence-electron chi connectivity index (χ0n) is 13.4. The van der Waals surface area contributed by atoms with Gasteiger partial charge in [0, 0.05) is 29.3 Å². The molecule has 1 heterocycles. The molecule has 1 aliphatic carbocycles. The van der Waals surface area contributed by atoms with Crippen LogP contribution in [0.3, 0.4) is 0 Å². The molecule has 120 valence electrons. The Hall–Kier alpha value is -1.36. The molecule has 1 N–H and O–H groups in total. The van der Waals surface area contributed by atoms with Crippen LogP contribution in [-0.2, 0) is 4.79 Å². The minimum absolute atomic E-state index is 0.00868. The Labute approximate surface area is 135 Å². The van der Waals surface area contributed by atoms with E-state index < -0.39 is 5.79 Å². The summed E-state index contributed by atoms with van der Waals surface area (Å²) in [6, 6.07) is 5.62. The van der Waals surface area contributed by atoms with E-state index in [0.717, 1.165) is 42.9 Å². The van der Waals surface area contributed by atoms with Crippen molar-refractivity contribution in [1.29, 1.82) is 0 Å². The second-order valence-corrected chi connectivity index (χ2v) is 8.73. The Kier molecular flexibility index (Phi) is 4.02. The van der Waals surface area contributed by atoms with Crippen molar-refractivity contribution in [2.24, 2.45) is 0 Å². The van der Waals surface area contributed by atoms with Crippen molar-refractivity contribution in [1.82, 2.24) is 0 Å². The molecule has 1 aromatic carbocycles. The van der Waals surface area contributed by atoms with Crippen LogP contribution >= 0.6 is 11.8 Å². The molecular weight excluding hydrogens is 298 g/mol. The van der Waals surface area contributed by atoms with Gasteiger partial charge in [0.15, 0.2) is 11.5 Å². The summed E-state index contributed by atoms with van der Waals surface area (Å²) < 4.78 is 12.1. The van der Waals surface area contributed by atoms with Gasteiger partial charge in [0.25, 0.3) is 5.79 Å². The third-order valence-electron chi connectivity index (χ3n) is 3.82. The molecule has 2 aliphatic rings. The highest BCUT2D eigenvalue weighted by molar-refractivity contribution is 8.01. The number of carbonyl (C=O) groups is 1. The van der Waals surface area contributed by atoms with Gasteiger partial charge in [-0.05, 0) is 25.0 Å². The fraction of sp³-hybridized carbons (Fsp3) is 0.588. The number of thioether (sulfide) groups is 1. The van der Waals surface area contributed by atoms with Crippen molar-refractivity contribution < 1.29 is 14.3 Å². The summed E-state index contributed by atoms with van der Waals surface area (Å²) in [6.07, 6.45) is 4.15. The molecule has 22 heavy (non-hydrogen) atoms. The van der Waals surface area contributed by atoms with Crippen LogP contribution in [0.15, 0.2) is 18.2 Å². The van der Waals surface area contributed by atoms with Crippen LogP contribution in [0.4, 0.5) is 5.69 Å². The van der Waals surface area contributed by atoms with Crippen molar-refractivity contribution in [2.45, 2.75) is 57.0 Å². The molecule has 1 amide bonds. The third kappa shape index (κ3) is 3.51. The van der Waals surface area contributed by atoms with Gasteiger partial charge in [0.2, 0.25) is 5.91 Å². The van der Waals surface area contributed by atoms with E-state index in [-0.39, 0.29) is 10.7 Å². The summed E-state index contributed by atoms with van der Waals surface area (Å²) in [6.45, 7) is 6.31. The lowest BCUT2D eigenvalue weighted by molar-refractivity contribution is -0.113. The summed E-state index contributed by atoms with van der Waals surface area (Å²) in [4.78, 5) is 12.0. The first-order valence-corrected chi connectivity index (χ1v) is 8.80. The van der Waals surface area contributed by atoms with Crippen LogP contribution in [0.1, 0.15) is 46.5 Å². The maximum Gasteiger partial charge on any atom is 0.251 e. The van der Waals surface area contributed by atoms with Gasteiger partial charge in [-0.15, -0.1) is 11.8 Å². The van der Waals surface area contributed by atoms with Crippen LogP contribution in [0.5, 0.6) is 11.5 Å². The van der Waals surface area contributed by atoms with Gasteiger partial charge >= 0.3 is 0 Å². The van der Waals surface area contributed by atoms with E-state index >= 15 is 0 Å². The number of amides is 1. The van der Waals surface area contributed by atoms with Crippen molar-refractivity contribution >= 4 is 23.4 Å². The highest BCUT2D eigenvalue weighted by Gasteiger charge is 2.44. The Bertz CT molecular complexity index is 574. The van der Waals surface area contributed by atoms with E-state index in [9.17, 15) is 4.79 Å². The van der Waals surface area contributed by atoms with E-state index in [1.165, 1.54) is 0 Å². The molecule has 1 saturated carbocycles. The molecule has 5 heteroatoms. The van der Waals surface area contributed by atoms with Crippen LogP contribution < -0.4 is 14.8 Å². The number of anilines is 1. The molecule has 3 rings (SSSR count). The molecule has 4 nitrogen and oxygen atoms in total. The topological polar surface area (TPSA) is 47.6 Å². The maximum absolute atomic E-state index is 12.0. The largest absolute Gasteiger partial charge is 0.448 e. The van der Waals surface area contributed by atoms with Gasteiger partial charge in [0.1, 0.15) is 0 Å². The summed E-state index contributed by atoms with van der Waals surface area (Å²) in [5.41, 5.74) is 0.761. The molecular formula is C17H23NO3S. The number of hydrogen-bond donors (Lipinski definition) is 1. The molecule has 0 unspecified atom stereocenters. The van der Waals surface area contributed by atoms with Crippen molar-refractivity contribution in [3.8, 4) is 11.5 Å². The molecule has 1 fully saturated rings. The molecule has 1 aliphatic heterocycles. The number of fused-ring (bicyclic) bond motifs is 1. The van der Waals surface area contributed by atoms with Crippen molar-refractivity contribution in [3.05, 3.63) is 18.2 Å². The predicted octanol–water partition coefficient (Wildman–Crippen LogP) is 4.20. The summed E-state index contributed by atoms with van der Waals surface area (Å²) in [7, 11) is 0. The van der Waals surface area contributed by atoms with Crippen molar-refractivity contribution in [2.75, 3.05) is 11.1 Å². The average Bonchev–Trinajstić information content (AvgIpc) is 3.02. The van der Waals surface area contributed by atoms with E-state index in [2.05, 4.69) is 26.1 Å². The van der Waals surface area contributed by atoms with Crippen LogP contribution in [-0.4, -0.2) is 22.2 Å². The lowest BCUT2D eigenvalue weighted by atomic mass is 10.2. The zero-order chi connectivity index (χ0) is 15.8. The van der Waals surface area contributed by atoms with Gasteiger partial charge in [-0.2, -0.15) is 0 Å². The standard InChI is InChI=1S/C17H23NO3S/c1-16(2,3)22-11-15(19)18-12-6-7-13-14(10-12)21-17(20-13)8-4-5-9-17/h6-7,10H,4-5,8-9,11H2,1-3H3,(H,18,19). The van der Waals surface area contributed by atoms with Crippen LogP contribution in [0, 0.1) is 0 Å². The lowest BCUT2D eigenvalue weighted by Gasteiger charge is -2.21. The second kappa shape index (κ2) is 5.69. The Balaban J connectivity index is 1.62. The first-order chi connectivity index (χ1) is 10.4. The normalized spacial score (nSPS) is 18.7. The predicted molar refractivity (Wildman–Crippen MR) is 89.7 cm³/mol. The Morgan fingerprint density at radius 3 is 2.59 bits per heavy atom. The van der Waals surface area contributed by atoms with Gasteiger partial charge in [-0.1, -0.05) is 20.8 Å². The highest BCUT2D eigenvalue weighted by Crippen LogP contribution is 2.47. The summed E-state index contributed by atoms with van der Waals surface area (Å²) in [5.74, 6) is 1.52. The average molecular weight is 321 g/mol. The van der Waals surface area contributed by atoms with E-state index in [0.29, 0.717) is 5.75 Å². The Morgan fingerprint density at radius 1 is 1.23 bits per heavy atom. The lowest BCUT2D eigenvalue weighted by Crippen LogP contribution is -2.34. The maximum atomic E-state index is 12.0. The number of benzene rings is 1. The Morgan fingerprint density at radius 2 is 1.91 bits per heavy atom. The van der Waals surface area contributed by atoms with E-state index in [4.69, 9.17) is 9.47 Å². The first kappa shape index (κ1) is 15.5. The van der Waals surface area contributed by atoms with Gasteiger partial charge in [-0.3, -0.25) is 4.79 Å². The third-order valence-corrected chi connectivity index (χ3v) is 5.09. The number of nitrogens with one attached hydrogen (secondary N) is 1. The number of ether oxygens (including phenoxy) is 2.